The van der Waals surface area contributed by atoms with E-state index in [0.29, 0.717) is 12.0 Å². The van der Waals surface area contributed by atoms with Gasteiger partial charge in [0.05, 0.1) is 0 Å². The Hall–Kier alpha value is -0.390. The zero-order chi connectivity index (χ0) is 14.7. The molecule has 19 heavy (non-hydrogen) atoms. The Morgan fingerprint density at radius 2 is 2.00 bits per heavy atom. The van der Waals surface area contributed by atoms with Crippen LogP contribution in [0.5, 0.6) is 0 Å². The van der Waals surface area contributed by atoms with E-state index in [1.54, 1.807) is 0 Å². The lowest BCUT2D eigenvalue weighted by atomic mass is 10.0. The van der Waals surface area contributed by atoms with E-state index in [1.807, 2.05) is 6.92 Å². The molecule has 0 aromatic rings. The summed E-state index contributed by atoms with van der Waals surface area (Å²) in [5, 5.41) is 7.40. The Kier molecular flexibility index (Phi) is 11.2. The first-order valence-electron chi connectivity index (χ1n) is 7.22. The summed E-state index contributed by atoms with van der Waals surface area (Å²) in [6.07, 6.45) is 2.11. The molecule has 0 fully saturated rings. The second kappa shape index (κ2) is 11.4. The Morgan fingerprint density at radius 3 is 2.53 bits per heavy atom. The molecule has 2 N–H and O–H groups in total. The fourth-order valence-corrected chi connectivity index (χ4v) is 2.21. The molecule has 0 aliphatic heterocycles. The van der Waals surface area contributed by atoms with Crippen LogP contribution in [-0.2, 0) is 4.74 Å². The lowest BCUT2D eigenvalue weighted by Gasteiger charge is -2.25. The van der Waals surface area contributed by atoms with Gasteiger partial charge in [0, 0.05) is 32.3 Å². The van der Waals surface area contributed by atoms with Crippen molar-refractivity contribution >= 4 is 17.3 Å². The van der Waals surface area contributed by atoms with E-state index < -0.39 is 0 Å². The van der Waals surface area contributed by atoms with Crippen LogP contribution in [0.2, 0.25) is 0 Å². The van der Waals surface area contributed by atoms with E-state index in [4.69, 9.17) is 17.0 Å². The molecule has 0 bridgehead atoms. The molecule has 5 heteroatoms. The average molecular weight is 289 g/mol. The Morgan fingerprint density at radius 1 is 1.32 bits per heavy atom. The third kappa shape index (κ3) is 12.4. The summed E-state index contributed by atoms with van der Waals surface area (Å²) in [4.78, 5) is 2.19. The van der Waals surface area contributed by atoms with E-state index in [9.17, 15) is 0 Å². The average Bonchev–Trinajstić information content (AvgIpc) is 2.26. The monoisotopic (exact) mass is 289 g/mol. The van der Waals surface area contributed by atoms with Crippen molar-refractivity contribution in [2.45, 2.75) is 39.7 Å². The number of hydrogen-bond acceptors (Lipinski definition) is 3. The van der Waals surface area contributed by atoms with Crippen LogP contribution in [-0.4, -0.2) is 56.5 Å². The summed E-state index contributed by atoms with van der Waals surface area (Å²) < 4.78 is 5.29. The van der Waals surface area contributed by atoms with Gasteiger partial charge < -0.3 is 20.3 Å². The molecule has 0 saturated carbocycles. The first-order chi connectivity index (χ1) is 8.95. The van der Waals surface area contributed by atoms with E-state index in [2.05, 4.69) is 43.5 Å². The van der Waals surface area contributed by atoms with Crippen LogP contribution < -0.4 is 10.6 Å². The van der Waals surface area contributed by atoms with Crippen LogP contribution >= 0.6 is 12.2 Å². The first kappa shape index (κ1) is 18.6. The van der Waals surface area contributed by atoms with Gasteiger partial charge in [0.25, 0.3) is 0 Å². The zero-order valence-electron chi connectivity index (χ0n) is 13.2. The van der Waals surface area contributed by atoms with Gasteiger partial charge in [0.15, 0.2) is 5.11 Å². The van der Waals surface area contributed by atoms with E-state index in [1.165, 1.54) is 0 Å². The Labute approximate surface area is 124 Å². The highest BCUT2D eigenvalue weighted by Crippen LogP contribution is 2.05. The van der Waals surface area contributed by atoms with E-state index >= 15 is 0 Å². The molecule has 0 saturated heterocycles. The van der Waals surface area contributed by atoms with Crippen molar-refractivity contribution in [1.82, 2.24) is 15.5 Å². The van der Waals surface area contributed by atoms with Crippen LogP contribution in [0.4, 0.5) is 0 Å². The smallest absolute Gasteiger partial charge is 0.166 e. The van der Waals surface area contributed by atoms with Crippen molar-refractivity contribution in [2.24, 2.45) is 5.92 Å². The highest BCUT2D eigenvalue weighted by atomic mass is 32.1. The maximum atomic E-state index is 5.33. The van der Waals surface area contributed by atoms with Crippen molar-refractivity contribution in [3.8, 4) is 0 Å². The van der Waals surface area contributed by atoms with Gasteiger partial charge in [-0.3, -0.25) is 0 Å². The van der Waals surface area contributed by atoms with Crippen LogP contribution in [0.3, 0.4) is 0 Å². The lowest BCUT2D eigenvalue weighted by Crippen LogP contribution is -2.47. The van der Waals surface area contributed by atoms with Crippen LogP contribution in [0.1, 0.15) is 33.6 Å². The van der Waals surface area contributed by atoms with Crippen LogP contribution in [0, 0.1) is 5.92 Å². The molecular formula is C14H31N3OS. The van der Waals surface area contributed by atoms with Crippen molar-refractivity contribution in [2.75, 3.05) is 40.4 Å². The van der Waals surface area contributed by atoms with E-state index in [-0.39, 0.29) is 0 Å². The predicted molar refractivity (Wildman–Crippen MR) is 86.6 cm³/mol. The molecule has 1 unspecified atom stereocenters. The number of hydrogen-bond donors (Lipinski definition) is 2. The molecule has 0 aliphatic carbocycles. The normalized spacial score (nSPS) is 12.8. The molecule has 4 nitrogen and oxygen atoms in total. The minimum absolute atomic E-state index is 0.405. The van der Waals surface area contributed by atoms with Gasteiger partial charge in [-0.1, -0.05) is 13.8 Å². The molecule has 0 heterocycles. The first-order valence-corrected chi connectivity index (χ1v) is 7.63. The van der Waals surface area contributed by atoms with Crippen molar-refractivity contribution < 1.29 is 4.74 Å². The molecule has 0 aromatic carbocycles. The molecule has 114 valence electrons. The van der Waals surface area contributed by atoms with Gasteiger partial charge in [0.2, 0.25) is 0 Å². The van der Waals surface area contributed by atoms with Crippen LogP contribution in [0.25, 0.3) is 0 Å². The van der Waals surface area contributed by atoms with Gasteiger partial charge in [0.1, 0.15) is 0 Å². The lowest BCUT2D eigenvalue weighted by molar-refractivity contribution is 0.145. The van der Waals surface area contributed by atoms with Crippen LogP contribution in [0.15, 0.2) is 0 Å². The highest BCUT2D eigenvalue weighted by molar-refractivity contribution is 7.80. The SMILES string of the molecule is CCOCCCNC(=S)NC(CC(C)C)CN(C)C. The zero-order valence-corrected chi connectivity index (χ0v) is 14.0. The minimum Gasteiger partial charge on any atom is -0.382 e. The maximum Gasteiger partial charge on any atom is 0.166 e. The number of ether oxygens (including phenoxy) is 1. The Balaban J connectivity index is 3.88. The summed E-state index contributed by atoms with van der Waals surface area (Å²) >= 11 is 5.33. The number of nitrogens with zero attached hydrogens (tertiary/aromatic N) is 1. The van der Waals surface area contributed by atoms with Crippen molar-refractivity contribution in [3.05, 3.63) is 0 Å². The molecule has 0 amide bonds. The topological polar surface area (TPSA) is 36.5 Å². The number of rotatable bonds is 10. The van der Waals surface area contributed by atoms with E-state index in [0.717, 1.165) is 44.3 Å². The van der Waals surface area contributed by atoms with Gasteiger partial charge in [-0.25, -0.2) is 0 Å². The summed E-state index contributed by atoms with van der Waals surface area (Å²) in [6.45, 7) is 9.92. The summed E-state index contributed by atoms with van der Waals surface area (Å²) in [6, 6.07) is 0.405. The molecule has 0 radical (unpaired) electrons. The van der Waals surface area contributed by atoms with Gasteiger partial charge in [-0.2, -0.15) is 0 Å². The quantitative estimate of drug-likeness (QED) is 0.474. The molecule has 0 spiro atoms. The van der Waals surface area contributed by atoms with Gasteiger partial charge in [-0.15, -0.1) is 0 Å². The predicted octanol–water partition coefficient (Wildman–Crippen LogP) is 1.85. The largest absolute Gasteiger partial charge is 0.382 e. The Bertz CT molecular complexity index is 225. The maximum absolute atomic E-state index is 5.33. The van der Waals surface area contributed by atoms with Crippen molar-refractivity contribution in [3.63, 3.8) is 0 Å². The molecule has 0 aromatic heterocycles. The van der Waals surface area contributed by atoms with Gasteiger partial charge in [-0.05, 0) is 52.0 Å². The second-order valence-electron chi connectivity index (χ2n) is 5.54. The third-order valence-corrected chi connectivity index (χ3v) is 2.89. The summed E-state index contributed by atoms with van der Waals surface area (Å²) in [7, 11) is 4.18. The minimum atomic E-state index is 0.405. The fourth-order valence-electron chi connectivity index (χ4n) is 1.95. The molecule has 0 aliphatic rings. The number of nitrogens with one attached hydrogen (secondary N) is 2. The summed E-state index contributed by atoms with van der Waals surface area (Å²) in [5.74, 6) is 0.665. The van der Waals surface area contributed by atoms with Crippen molar-refractivity contribution in [1.29, 1.82) is 0 Å². The molecule has 1 atom stereocenters. The second-order valence-corrected chi connectivity index (χ2v) is 5.95. The third-order valence-electron chi connectivity index (χ3n) is 2.63. The molecular weight excluding hydrogens is 258 g/mol. The number of likely N-dealkylation sites (N-methyl/N-ethyl adjacent to an activating group) is 1. The summed E-state index contributed by atoms with van der Waals surface area (Å²) in [5.41, 5.74) is 0. The highest BCUT2D eigenvalue weighted by Gasteiger charge is 2.12. The standard InChI is InChI=1S/C14H31N3OS/c1-6-18-9-7-8-15-14(19)16-13(10-12(2)3)11-17(4)5/h12-13H,6-11H2,1-5H3,(H2,15,16,19). The number of thiocarbonyl (C=S) groups is 1. The molecule has 0 rings (SSSR count). The van der Waals surface area contributed by atoms with Gasteiger partial charge >= 0.3 is 0 Å². The fraction of sp³-hybridized carbons (Fsp3) is 0.929.